The second-order valence-electron chi connectivity index (χ2n) is 8.52. The minimum Gasteiger partial charge on any atom is -0.496 e. The highest BCUT2D eigenvalue weighted by Gasteiger charge is 2.33. The number of carbonyl (C=O) groups is 2. The number of rotatable bonds is 6. The van der Waals surface area contributed by atoms with Gasteiger partial charge in [0.05, 0.1) is 42.1 Å². The van der Waals surface area contributed by atoms with E-state index in [0.29, 0.717) is 54.0 Å². The molecule has 2 aliphatic rings. The molecule has 0 saturated carbocycles. The molecule has 2 amide bonds. The summed E-state index contributed by atoms with van der Waals surface area (Å²) in [5, 5.41) is 3.33. The average Bonchev–Trinajstić information content (AvgIpc) is 2.76. The lowest BCUT2D eigenvalue weighted by atomic mass is 9.99. The molecule has 1 aromatic rings. The summed E-state index contributed by atoms with van der Waals surface area (Å²) < 4.78 is 10.9. The highest BCUT2D eigenvalue weighted by molar-refractivity contribution is 6.33. The van der Waals surface area contributed by atoms with Crippen LogP contribution < -0.4 is 15.8 Å². The van der Waals surface area contributed by atoms with E-state index < -0.39 is 0 Å². The van der Waals surface area contributed by atoms with Crippen molar-refractivity contribution in [3.8, 4) is 5.75 Å². The van der Waals surface area contributed by atoms with E-state index in [4.69, 9.17) is 26.8 Å². The van der Waals surface area contributed by atoms with Crippen LogP contribution in [0.15, 0.2) is 12.1 Å². The smallest absolute Gasteiger partial charge is 0.255 e. The summed E-state index contributed by atoms with van der Waals surface area (Å²) >= 11 is 6.10. The van der Waals surface area contributed by atoms with Gasteiger partial charge >= 0.3 is 0 Å². The zero-order chi connectivity index (χ0) is 22.5. The molecule has 5 N–H and O–H groups in total. The Morgan fingerprint density at radius 3 is 2.50 bits per heavy atom. The van der Waals surface area contributed by atoms with E-state index in [0.717, 1.165) is 25.9 Å². The van der Waals surface area contributed by atoms with Gasteiger partial charge in [-0.2, -0.15) is 0 Å². The average molecular weight is 471 g/mol. The van der Waals surface area contributed by atoms with Crippen molar-refractivity contribution in [1.82, 2.24) is 15.1 Å². The van der Waals surface area contributed by atoms with Gasteiger partial charge in [0.25, 0.3) is 5.91 Å². The maximum atomic E-state index is 12.9. The van der Waals surface area contributed by atoms with Crippen LogP contribution in [0.4, 0.5) is 5.69 Å². The lowest BCUT2D eigenvalue weighted by Crippen LogP contribution is -2.56. The van der Waals surface area contributed by atoms with Gasteiger partial charge in [-0.1, -0.05) is 18.5 Å². The molecular weight excluding hydrogens is 436 g/mol. The van der Waals surface area contributed by atoms with Crippen molar-refractivity contribution in [2.45, 2.75) is 38.3 Å². The van der Waals surface area contributed by atoms with Gasteiger partial charge in [0.2, 0.25) is 5.91 Å². The molecule has 0 aliphatic carbocycles. The number of nitrogens with one attached hydrogen (secondary N) is 1. The Hall–Kier alpha value is -2.07. The van der Waals surface area contributed by atoms with Crippen LogP contribution in [0, 0.1) is 5.92 Å². The summed E-state index contributed by atoms with van der Waals surface area (Å²) in [6, 6.07) is 2.88. The molecule has 2 saturated heterocycles. The second-order valence-corrected chi connectivity index (χ2v) is 8.92. The van der Waals surface area contributed by atoms with Crippen molar-refractivity contribution < 1.29 is 24.5 Å². The van der Waals surface area contributed by atoms with E-state index in [1.165, 1.54) is 13.2 Å². The number of ether oxygens (including phenoxy) is 2. The first-order chi connectivity index (χ1) is 14.8. The molecule has 3 rings (SSSR count). The molecule has 0 spiro atoms. The van der Waals surface area contributed by atoms with Crippen LogP contribution in [0.1, 0.15) is 36.5 Å². The fourth-order valence-electron chi connectivity index (χ4n) is 4.24. The number of carbonyl (C=O) groups excluding carboxylic acids is 2. The highest BCUT2D eigenvalue weighted by Crippen LogP contribution is 2.29. The van der Waals surface area contributed by atoms with Crippen molar-refractivity contribution in [2.75, 3.05) is 52.7 Å². The molecule has 2 fully saturated rings. The number of hydrogen-bond acceptors (Lipinski definition) is 6. The molecule has 9 nitrogen and oxygen atoms in total. The van der Waals surface area contributed by atoms with Crippen molar-refractivity contribution in [2.24, 2.45) is 5.92 Å². The number of nitrogens with zero attached hydrogens (tertiary/aromatic N) is 2. The summed E-state index contributed by atoms with van der Waals surface area (Å²) in [5.41, 5.74) is 6.49. The first-order valence-electron chi connectivity index (χ1n) is 10.8. The lowest BCUT2D eigenvalue weighted by molar-refractivity contribution is -0.134. The SMILES string of the molecule is COc1cc(N)c(Cl)cc1C(=O)NC1CCN(CC(=O)N2CCC(C)CC2)CC1OC.O. The highest BCUT2D eigenvalue weighted by atomic mass is 35.5. The third-order valence-electron chi connectivity index (χ3n) is 6.32. The summed E-state index contributed by atoms with van der Waals surface area (Å²) in [7, 11) is 3.11. The van der Waals surface area contributed by atoms with Crippen molar-refractivity contribution in [1.29, 1.82) is 0 Å². The maximum absolute atomic E-state index is 12.9. The normalized spacial score (nSPS) is 22.2. The molecule has 180 valence electrons. The van der Waals surface area contributed by atoms with Gasteiger partial charge in [-0.3, -0.25) is 14.5 Å². The topological polar surface area (TPSA) is 129 Å². The van der Waals surface area contributed by atoms with Crippen molar-refractivity contribution in [3.05, 3.63) is 22.7 Å². The van der Waals surface area contributed by atoms with Gasteiger partial charge in [-0.15, -0.1) is 0 Å². The largest absolute Gasteiger partial charge is 0.496 e. The molecule has 1 aromatic carbocycles. The first-order valence-corrected chi connectivity index (χ1v) is 11.2. The maximum Gasteiger partial charge on any atom is 0.255 e. The number of likely N-dealkylation sites (tertiary alicyclic amines) is 2. The summed E-state index contributed by atoms with van der Waals surface area (Å²) in [4.78, 5) is 29.6. The van der Waals surface area contributed by atoms with Gasteiger partial charge in [0.1, 0.15) is 5.75 Å². The van der Waals surface area contributed by atoms with E-state index in [9.17, 15) is 9.59 Å². The van der Waals surface area contributed by atoms with Crippen molar-refractivity contribution >= 4 is 29.1 Å². The Morgan fingerprint density at radius 1 is 1.19 bits per heavy atom. The van der Waals surface area contributed by atoms with E-state index in [2.05, 4.69) is 17.1 Å². The zero-order valence-electron chi connectivity index (χ0n) is 19.0. The van der Waals surface area contributed by atoms with Crippen molar-refractivity contribution in [3.63, 3.8) is 0 Å². The van der Waals surface area contributed by atoms with Gasteiger partial charge in [0, 0.05) is 39.4 Å². The van der Waals surface area contributed by atoms with E-state index >= 15 is 0 Å². The molecule has 0 bridgehead atoms. The molecule has 10 heteroatoms. The number of nitrogens with two attached hydrogens (primary N) is 1. The second kappa shape index (κ2) is 11.7. The van der Waals surface area contributed by atoms with Crippen LogP contribution in [0.3, 0.4) is 0 Å². The summed E-state index contributed by atoms with van der Waals surface area (Å²) in [6.45, 7) is 5.59. The molecule has 2 unspecified atom stereocenters. The molecule has 2 aliphatic heterocycles. The molecular formula is C22H35ClN4O5. The predicted octanol–water partition coefficient (Wildman–Crippen LogP) is 1.18. The van der Waals surface area contributed by atoms with Gasteiger partial charge < -0.3 is 30.9 Å². The van der Waals surface area contributed by atoms with Crippen LogP contribution in [-0.2, 0) is 9.53 Å². The predicted molar refractivity (Wildman–Crippen MR) is 124 cm³/mol. The Bertz CT molecular complexity index is 801. The minimum absolute atomic E-state index is 0. The number of nitrogen functional groups attached to an aromatic ring is 1. The summed E-state index contributed by atoms with van der Waals surface area (Å²) in [6.07, 6.45) is 2.60. The number of piperidine rings is 2. The number of hydrogen-bond donors (Lipinski definition) is 2. The Labute approximate surface area is 194 Å². The number of methoxy groups -OCH3 is 2. The molecule has 32 heavy (non-hydrogen) atoms. The summed E-state index contributed by atoms with van der Waals surface area (Å²) in [5.74, 6) is 0.936. The van der Waals surface area contributed by atoms with Gasteiger partial charge in [0.15, 0.2) is 0 Å². The third-order valence-corrected chi connectivity index (χ3v) is 6.65. The van der Waals surface area contributed by atoms with Crippen LogP contribution in [0.5, 0.6) is 5.75 Å². The molecule has 2 atom stereocenters. The standard InChI is InChI=1S/C22H33ClN4O4.H2O/c1-14-4-8-27(9-5-14)21(28)13-26-7-6-18(20(12-26)31-3)25-22(29)15-10-16(23)17(24)11-19(15)30-2;/h10-11,14,18,20H,4-9,12-13,24H2,1-3H3,(H,25,29);1H2. The van der Waals surface area contributed by atoms with E-state index in [1.54, 1.807) is 13.2 Å². The van der Waals surface area contributed by atoms with Crippen LogP contribution in [0.25, 0.3) is 0 Å². The molecule has 0 aromatic heterocycles. The van der Waals surface area contributed by atoms with Gasteiger partial charge in [-0.05, 0) is 31.2 Å². The number of halogens is 1. The number of amides is 2. The molecule has 2 heterocycles. The monoisotopic (exact) mass is 470 g/mol. The quantitative estimate of drug-likeness (QED) is 0.601. The zero-order valence-corrected chi connectivity index (χ0v) is 19.8. The Morgan fingerprint density at radius 2 is 1.88 bits per heavy atom. The minimum atomic E-state index is -0.294. The van der Waals surface area contributed by atoms with E-state index in [-0.39, 0.29) is 29.4 Å². The first kappa shape index (κ1) is 26.2. The lowest BCUT2D eigenvalue weighted by Gasteiger charge is -2.39. The molecule has 0 radical (unpaired) electrons. The number of anilines is 1. The van der Waals surface area contributed by atoms with Crippen LogP contribution in [-0.4, -0.2) is 86.2 Å². The fraction of sp³-hybridized carbons (Fsp3) is 0.636. The third kappa shape index (κ3) is 6.25. The van der Waals surface area contributed by atoms with Crippen LogP contribution in [0.2, 0.25) is 5.02 Å². The van der Waals surface area contributed by atoms with E-state index in [1.807, 2.05) is 4.90 Å². The van der Waals surface area contributed by atoms with Gasteiger partial charge in [-0.25, -0.2) is 0 Å². The Balaban J connectivity index is 0.00000363. The number of benzene rings is 1. The fourth-order valence-corrected chi connectivity index (χ4v) is 4.40. The van der Waals surface area contributed by atoms with Crippen LogP contribution >= 0.6 is 11.6 Å². The Kier molecular flexibility index (Phi) is 9.57.